The number of allylic oxidation sites excluding steroid dienone is 9. The Morgan fingerprint density at radius 3 is 2.33 bits per heavy atom. The van der Waals surface area contributed by atoms with Crippen LogP contribution in [0.4, 0.5) is 9.59 Å². The summed E-state index contributed by atoms with van der Waals surface area (Å²) in [6.45, 7) is 21.6. The second-order valence-electron chi connectivity index (χ2n) is 16.9. The molecule has 4 aliphatic rings. The van der Waals surface area contributed by atoms with E-state index in [-0.39, 0.29) is 53.3 Å². The van der Waals surface area contributed by atoms with Crippen LogP contribution in [0.25, 0.3) is 0 Å². The zero-order chi connectivity index (χ0) is 38.8. The molecule has 2 N–H and O–H groups in total. The summed E-state index contributed by atoms with van der Waals surface area (Å²) in [5, 5.41) is 0. The van der Waals surface area contributed by atoms with Gasteiger partial charge in [-0.25, -0.2) is 14.4 Å². The minimum atomic E-state index is -0.927. The summed E-state index contributed by atoms with van der Waals surface area (Å²) in [6.07, 6.45) is 19.0. The topological polar surface area (TPSA) is 127 Å². The van der Waals surface area contributed by atoms with Crippen LogP contribution in [0.3, 0.4) is 0 Å². The standard InChI is InChI=1S/C42H62N2O8/c1-25-14-13-15-35(45)50-36(28(4)37-29(5)44(41(9,10)51-37)39(47)52-40(6,7)8)27(3)17-16-26(2)22-30-18-19-32-33(42(30,11)21-20-25)23-31(48-12)24-34(32)49-38(43)46/h13-22,27-34,36-37H,23-24H2,1-12H3,(H2,43,46)/b15-13+,17-16+,21-20+,25-14-,26-22+/t27-,28+,29-,30-,31+,32-,33-,34+,36-,37+,42+/m1/s1. The van der Waals surface area contributed by atoms with Crippen molar-refractivity contribution >= 4 is 18.2 Å². The maximum Gasteiger partial charge on any atom is 0.412 e. The summed E-state index contributed by atoms with van der Waals surface area (Å²) in [5.74, 6) is -0.808. The van der Waals surface area contributed by atoms with Crippen molar-refractivity contribution in [2.75, 3.05) is 7.11 Å². The zero-order valence-electron chi connectivity index (χ0n) is 33.3. The van der Waals surface area contributed by atoms with Gasteiger partial charge >= 0.3 is 18.2 Å². The Hall–Kier alpha value is -3.63. The number of hydrogen-bond donors (Lipinski definition) is 1. The van der Waals surface area contributed by atoms with Crippen LogP contribution in [0.5, 0.6) is 0 Å². The van der Waals surface area contributed by atoms with Crippen LogP contribution in [0, 0.1) is 35.0 Å². The first kappa shape index (κ1) is 41.1. The van der Waals surface area contributed by atoms with E-state index in [2.05, 4.69) is 56.4 Å². The number of primary amides is 1. The van der Waals surface area contributed by atoms with E-state index in [0.29, 0.717) is 6.42 Å². The molecule has 4 rings (SSSR count). The second-order valence-corrected chi connectivity index (χ2v) is 16.9. The van der Waals surface area contributed by atoms with Crippen LogP contribution >= 0.6 is 0 Å². The SMILES string of the molecule is CO[C@@H]1C[C@H](OC(N)=O)[C@@H]2C=C[C@@H]3/C=C(C)/C=C/[C@@H](C)[C@H]([C@H](C)[C@@H]4OC(C)(C)N(C(=O)OC(C)(C)C)[C@@H]4C)OC(=O)/C=C/C=C(C)\C=C\[C@]3(C)[C@@H]2C1. The first-order chi connectivity index (χ1) is 24.2. The molecule has 0 bridgehead atoms. The Morgan fingerprint density at radius 2 is 1.69 bits per heavy atom. The van der Waals surface area contributed by atoms with Crippen molar-refractivity contribution < 1.29 is 38.1 Å². The van der Waals surface area contributed by atoms with Gasteiger partial charge in [-0.3, -0.25) is 4.90 Å². The van der Waals surface area contributed by atoms with Crippen LogP contribution in [-0.4, -0.2) is 71.9 Å². The van der Waals surface area contributed by atoms with Gasteiger partial charge in [-0.2, -0.15) is 0 Å². The van der Waals surface area contributed by atoms with E-state index >= 15 is 0 Å². The van der Waals surface area contributed by atoms with Crippen molar-refractivity contribution in [1.29, 1.82) is 0 Å². The lowest BCUT2D eigenvalue weighted by molar-refractivity contribution is -0.153. The summed E-state index contributed by atoms with van der Waals surface area (Å²) < 4.78 is 30.0. The van der Waals surface area contributed by atoms with Gasteiger partial charge in [0.1, 0.15) is 23.5 Å². The minimum absolute atomic E-state index is 0.0164. The van der Waals surface area contributed by atoms with Gasteiger partial charge in [-0.1, -0.05) is 86.6 Å². The number of cyclic esters (lactones) is 1. The first-order valence-corrected chi connectivity index (χ1v) is 18.7. The number of nitrogens with zero attached hydrogens (tertiary/aromatic N) is 1. The van der Waals surface area contributed by atoms with Gasteiger partial charge in [0.15, 0.2) is 0 Å². The predicted octanol–water partition coefficient (Wildman–Crippen LogP) is 8.20. The highest BCUT2D eigenvalue weighted by Gasteiger charge is 2.53. The summed E-state index contributed by atoms with van der Waals surface area (Å²) in [6, 6.07) is -0.338. The fourth-order valence-electron chi connectivity index (χ4n) is 8.60. The lowest BCUT2D eigenvalue weighted by atomic mass is 9.55. The summed E-state index contributed by atoms with van der Waals surface area (Å²) in [4.78, 5) is 40.2. The van der Waals surface area contributed by atoms with Crippen molar-refractivity contribution in [1.82, 2.24) is 4.90 Å². The third kappa shape index (κ3) is 9.47. The molecule has 0 aromatic heterocycles. The molecule has 2 aliphatic heterocycles. The van der Waals surface area contributed by atoms with E-state index in [4.69, 9.17) is 29.4 Å². The molecule has 10 heteroatoms. The molecule has 0 radical (unpaired) electrons. The van der Waals surface area contributed by atoms with Crippen LogP contribution in [0.1, 0.15) is 89.0 Å². The minimum Gasteiger partial charge on any atom is -0.458 e. The Balaban J connectivity index is 1.71. The van der Waals surface area contributed by atoms with Crippen molar-refractivity contribution in [3.05, 3.63) is 71.9 Å². The van der Waals surface area contributed by atoms with Crippen molar-refractivity contribution in [2.45, 2.75) is 131 Å². The van der Waals surface area contributed by atoms with Crippen molar-refractivity contribution in [3.8, 4) is 0 Å². The fraction of sp³-hybridized carbons (Fsp3) is 0.643. The molecular formula is C42H62N2O8. The molecule has 1 saturated heterocycles. The lowest BCUT2D eigenvalue weighted by Crippen LogP contribution is -2.50. The molecule has 2 amide bonds. The van der Waals surface area contributed by atoms with Gasteiger partial charge in [-0.15, -0.1) is 0 Å². The fourth-order valence-corrected chi connectivity index (χ4v) is 8.60. The highest BCUT2D eigenvalue weighted by atomic mass is 16.6. The van der Waals surface area contributed by atoms with Gasteiger partial charge in [-0.05, 0) is 73.1 Å². The lowest BCUT2D eigenvalue weighted by Gasteiger charge is -2.51. The number of nitrogens with two attached hydrogens (primary N) is 1. The number of carbonyl (C=O) groups is 3. The van der Waals surface area contributed by atoms with Crippen LogP contribution in [-0.2, 0) is 28.5 Å². The number of ether oxygens (including phenoxy) is 5. The molecule has 52 heavy (non-hydrogen) atoms. The van der Waals surface area contributed by atoms with Gasteiger partial charge in [0.05, 0.1) is 18.2 Å². The van der Waals surface area contributed by atoms with Gasteiger partial charge < -0.3 is 29.4 Å². The summed E-state index contributed by atoms with van der Waals surface area (Å²) in [5.41, 5.74) is 5.59. The number of rotatable bonds is 4. The molecule has 1 saturated carbocycles. The largest absolute Gasteiger partial charge is 0.458 e. The normalized spacial score (nSPS) is 39.7. The van der Waals surface area contributed by atoms with E-state index < -0.39 is 41.7 Å². The third-order valence-electron chi connectivity index (χ3n) is 11.3. The molecule has 0 aromatic rings. The van der Waals surface area contributed by atoms with Gasteiger partial charge in [0, 0.05) is 43.3 Å². The molecule has 0 aromatic carbocycles. The Labute approximate surface area is 311 Å². The molecule has 288 valence electrons. The number of amides is 2. The van der Waals surface area contributed by atoms with Crippen molar-refractivity contribution in [2.24, 2.45) is 40.7 Å². The molecule has 0 unspecified atom stereocenters. The van der Waals surface area contributed by atoms with E-state index in [0.717, 1.165) is 17.6 Å². The van der Waals surface area contributed by atoms with Crippen molar-refractivity contribution in [3.63, 3.8) is 0 Å². The molecule has 2 fully saturated rings. The first-order valence-electron chi connectivity index (χ1n) is 18.7. The Bertz CT molecular complexity index is 1520. The molecule has 2 aliphatic carbocycles. The predicted molar refractivity (Wildman–Crippen MR) is 202 cm³/mol. The summed E-state index contributed by atoms with van der Waals surface area (Å²) >= 11 is 0. The van der Waals surface area contributed by atoms with E-state index in [1.165, 1.54) is 6.08 Å². The number of hydrogen-bond acceptors (Lipinski definition) is 8. The Morgan fingerprint density at radius 1 is 1.00 bits per heavy atom. The van der Waals surface area contributed by atoms with E-state index in [9.17, 15) is 14.4 Å². The van der Waals surface area contributed by atoms with E-state index in [1.54, 1.807) is 18.1 Å². The number of carbonyl (C=O) groups excluding carboxylic acids is 3. The van der Waals surface area contributed by atoms with E-state index in [1.807, 2.05) is 68.4 Å². The molecule has 2 heterocycles. The number of fused-ring (bicyclic) bond motifs is 3. The van der Waals surface area contributed by atoms with Crippen LogP contribution in [0.15, 0.2) is 71.9 Å². The molecule has 0 spiro atoms. The molecule has 10 nitrogen and oxygen atoms in total. The maximum atomic E-state index is 13.3. The number of esters is 1. The number of methoxy groups -OCH3 is 1. The average molecular weight is 723 g/mol. The quantitative estimate of drug-likeness (QED) is 0.175. The highest BCUT2D eigenvalue weighted by molar-refractivity contribution is 5.82. The summed E-state index contributed by atoms with van der Waals surface area (Å²) in [7, 11) is 1.70. The highest BCUT2D eigenvalue weighted by Crippen LogP contribution is 2.53. The van der Waals surface area contributed by atoms with Crippen LogP contribution in [0.2, 0.25) is 0 Å². The monoisotopic (exact) mass is 722 g/mol. The second kappa shape index (κ2) is 16.2. The van der Waals surface area contributed by atoms with Crippen LogP contribution < -0.4 is 5.73 Å². The Kier molecular flexibility index (Phi) is 12.8. The van der Waals surface area contributed by atoms with Gasteiger partial charge in [0.2, 0.25) is 0 Å². The molecule has 11 atom stereocenters. The maximum absolute atomic E-state index is 13.3. The average Bonchev–Trinajstić information content (AvgIpc) is 3.29. The smallest absolute Gasteiger partial charge is 0.412 e. The van der Waals surface area contributed by atoms with Gasteiger partial charge in [0.25, 0.3) is 0 Å². The third-order valence-corrected chi connectivity index (χ3v) is 11.3. The molecular weight excluding hydrogens is 660 g/mol. The zero-order valence-corrected chi connectivity index (χ0v) is 33.3.